The third kappa shape index (κ3) is 2.48. The first-order chi connectivity index (χ1) is 7.16. The summed E-state index contributed by atoms with van der Waals surface area (Å²) in [6, 6.07) is 10.3. The summed E-state index contributed by atoms with van der Waals surface area (Å²) in [7, 11) is 0. The molecule has 1 unspecified atom stereocenters. The summed E-state index contributed by atoms with van der Waals surface area (Å²) in [6.45, 7) is 2.10. The number of rotatable bonds is 2. The Labute approximate surface area is 102 Å². The first-order valence-corrected chi connectivity index (χ1v) is 6.40. The molecule has 2 aromatic rings. The van der Waals surface area contributed by atoms with Gasteiger partial charge >= 0.3 is 0 Å². The quantitative estimate of drug-likeness (QED) is 0.889. The van der Waals surface area contributed by atoms with Gasteiger partial charge in [0.1, 0.15) is 0 Å². The van der Waals surface area contributed by atoms with Crippen LogP contribution in [0.3, 0.4) is 0 Å². The Morgan fingerprint density at radius 3 is 2.40 bits per heavy atom. The summed E-state index contributed by atoms with van der Waals surface area (Å²) < 4.78 is 1.08. The monoisotopic (exact) mass is 281 g/mol. The van der Waals surface area contributed by atoms with E-state index in [1.54, 1.807) is 11.3 Å². The number of aryl methyl sites for hydroxylation is 1. The van der Waals surface area contributed by atoms with Crippen LogP contribution in [0.15, 0.2) is 40.2 Å². The van der Waals surface area contributed by atoms with Crippen molar-refractivity contribution in [3.63, 3.8) is 0 Å². The summed E-state index contributed by atoms with van der Waals surface area (Å²) in [5.41, 5.74) is 8.51. The zero-order chi connectivity index (χ0) is 10.8. The predicted octanol–water partition coefficient (Wildman–Crippen LogP) is 3.87. The molecule has 15 heavy (non-hydrogen) atoms. The van der Waals surface area contributed by atoms with E-state index in [0.29, 0.717) is 0 Å². The summed E-state index contributed by atoms with van der Waals surface area (Å²) in [5, 5.41) is 2.13. The smallest absolute Gasteiger partial charge is 0.0559 e. The highest BCUT2D eigenvalue weighted by Gasteiger charge is 2.09. The van der Waals surface area contributed by atoms with Crippen LogP contribution in [0, 0.1) is 6.92 Å². The van der Waals surface area contributed by atoms with Gasteiger partial charge in [-0.1, -0.05) is 28.1 Å². The molecule has 3 heteroatoms. The normalized spacial score (nSPS) is 12.7. The van der Waals surface area contributed by atoms with E-state index in [4.69, 9.17) is 5.73 Å². The van der Waals surface area contributed by atoms with Crippen molar-refractivity contribution in [1.29, 1.82) is 0 Å². The zero-order valence-corrected chi connectivity index (χ0v) is 10.8. The molecule has 1 atom stereocenters. The van der Waals surface area contributed by atoms with E-state index < -0.39 is 0 Å². The summed E-state index contributed by atoms with van der Waals surface area (Å²) in [4.78, 5) is 1.30. The minimum Gasteiger partial charge on any atom is -0.320 e. The zero-order valence-electron chi connectivity index (χ0n) is 8.41. The van der Waals surface area contributed by atoms with Gasteiger partial charge in [0, 0.05) is 9.35 Å². The molecule has 2 N–H and O–H groups in total. The van der Waals surface area contributed by atoms with Gasteiger partial charge in [-0.25, -0.2) is 0 Å². The molecular formula is C12H12BrNS. The minimum absolute atomic E-state index is 0.0111. The number of benzene rings is 1. The number of hydrogen-bond donors (Lipinski definition) is 1. The van der Waals surface area contributed by atoms with Crippen molar-refractivity contribution in [2.75, 3.05) is 0 Å². The highest BCUT2D eigenvalue weighted by Crippen LogP contribution is 2.25. The Morgan fingerprint density at radius 2 is 1.87 bits per heavy atom. The Bertz CT molecular complexity index is 447. The third-order valence-electron chi connectivity index (χ3n) is 2.34. The fourth-order valence-electron chi connectivity index (χ4n) is 1.49. The maximum Gasteiger partial charge on any atom is 0.0559 e. The van der Waals surface area contributed by atoms with E-state index in [1.807, 2.05) is 12.1 Å². The van der Waals surface area contributed by atoms with Crippen LogP contribution in [0.4, 0.5) is 0 Å². The van der Waals surface area contributed by atoms with Crippen molar-refractivity contribution in [3.05, 3.63) is 56.2 Å². The summed E-state index contributed by atoms with van der Waals surface area (Å²) in [5.74, 6) is 0. The molecule has 1 aromatic heterocycles. The lowest BCUT2D eigenvalue weighted by molar-refractivity contribution is 0.876. The SMILES string of the molecule is Cc1cc(C(N)c2ccc(Br)cc2)cs1. The van der Waals surface area contributed by atoms with Crippen molar-refractivity contribution in [2.45, 2.75) is 13.0 Å². The first-order valence-electron chi connectivity index (χ1n) is 4.73. The molecule has 0 amide bonds. The third-order valence-corrected chi connectivity index (χ3v) is 3.75. The molecule has 0 aliphatic rings. The average molecular weight is 282 g/mol. The van der Waals surface area contributed by atoms with Crippen LogP contribution in [0.25, 0.3) is 0 Å². The predicted molar refractivity (Wildman–Crippen MR) is 69.2 cm³/mol. The van der Waals surface area contributed by atoms with E-state index in [2.05, 4.69) is 46.4 Å². The Morgan fingerprint density at radius 1 is 1.20 bits per heavy atom. The molecular weight excluding hydrogens is 270 g/mol. The maximum atomic E-state index is 6.17. The molecule has 0 spiro atoms. The fraction of sp³-hybridized carbons (Fsp3) is 0.167. The minimum atomic E-state index is -0.0111. The van der Waals surface area contributed by atoms with Crippen LogP contribution in [-0.2, 0) is 0 Å². The molecule has 1 aromatic carbocycles. The van der Waals surface area contributed by atoms with Gasteiger partial charge < -0.3 is 5.73 Å². The maximum absolute atomic E-state index is 6.17. The van der Waals surface area contributed by atoms with Gasteiger partial charge in [0.15, 0.2) is 0 Å². The Hall–Kier alpha value is -0.640. The van der Waals surface area contributed by atoms with Crippen molar-refractivity contribution in [2.24, 2.45) is 5.73 Å². The number of nitrogens with two attached hydrogens (primary N) is 1. The molecule has 78 valence electrons. The standard InChI is InChI=1S/C12H12BrNS/c1-8-6-10(7-15-8)12(14)9-2-4-11(13)5-3-9/h2-7,12H,14H2,1H3. The molecule has 0 radical (unpaired) electrons. The molecule has 1 heterocycles. The largest absolute Gasteiger partial charge is 0.320 e. The van der Waals surface area contributed by atoms with E-state index in [1.165, 1.54) is 10.4 Å². The van der Waals surface area contributed by atoms with Crippen LogP contribution in [0.1, 0.15) is 22.0 Å². The molecule has 0 fully saturated rings. The molecule has 0 aliphatic heterocycles. The van der Waals surface area contributed by atoms with Crippen molar-refractivity contribution >= 4 is 27.3 Å². The second-order valence-corrected chi connectivity index (χ2v) is 5.55. The lowest BCUT2D eigenvalue weighted by Gasteiger charge is -2.10. The second kappa shape index (κ2) is 4.47. The Kier molecular flexibility index (Phi) is 3.24. The molecule has 2 rings (SSSR count). The highest BCUT2D eigenvalue weighted by molar-refractivity contribution is 9.10. The van der Waals surface area contributed by atoms with Gasteiger partial charge in [-0.3, -0.25) is 0 Å². The van der Waals surface area contributed by atoms with Crippen LogP contribution in [0.2, 0.25) is 0 Å². The van der Waals surface area contributed by atoms with Gasteiger partial charge in [0.25, 0.3) is 0 Å². The van der Waals surface area contributed by atoms with Crippen LogP contribution in [0.5, 0.6) is 0 Å². The lowest BCUT2D eigenvalue weighted by atomic mass is 10.0. The van der Waals surface area contributed by atoms with Gasteiger partial charge in [-0.2, -0.15) is 0 Å². The lowest BCUT2D eigenvalue weighted by Crippen LogP contribution is -2.10. The fourth-order valence-corrected chi connectivity index (χ4v) is 2.49. The summed E-state index contributed by atoms with van der Waals surface area (Å²) >= 11 is 5.16. The van der Waals surface area contributed by atoms with Gasteiger partial charge in [0.05, 0.1) is 6.04 Å². The van der Waals surface area contributed by atoms with E-state index in [0.717, 1.165) is 10.0 Å². The van der Waals surface area contributed by atoms with E-state index in [9.17, 15) is 0 Å². The molecule has 1 nitrogen and oxygen atoms in total. The average Bonchev–Trinajstić information content (AvgIpc) is 2.65. The van der Waals surface area contributed by atoms with Crippen LogP contribution in [-0.4, -0.2) is 0 Å². The number of thiophene rings is 1. The Balaban J connectivity index is 2.28. The molecule has 0 saturated heterocycles. The van der Waals surface area contributed by atoms with Crippen LogP contribution >= 0.6 is 27.3 Å². The van der Waals surface area contributed by atoms with Crippen molar-refractivity contribution in [3.8, 4) is 0 Å². The molecule has 0 aliphatic carbocycles. The van der Waals surface area contributed by atoms with E-state index in [-0.39, 0.29) is 6.04 Å². The number of hydrogen-bond acceptors (Lipinski definition) is 2. The molecule has 0 saturated carbocycles. The second-order valence-electron chi connectivity index (χ2n) is 3.52. The highest BCUT2D eigenvalue weighted by atomic mass is 79.9. The summed E-state index contributed by atoms with van der Waals surface area (Å²) in [6.07, 6.45) is 0. The first kappa shape index (κ1) is 10.9. The number of halogens is 1. The van der Waals surface area contributed by atoms with Gasteiger partial charge in [0.2, 0.25) is 0 Å². The topological polar surface area (TPSA) is 26.0 Å². The van der Waals surface area contributed by atoms with Gasteiger partial charge in [-0.05, 0) is 41.6 Å². The van der Waals surface area contributed by atoms with E-state index >= 15 is 0 Å². The molecule has 0 bridgehead atoms. The van der Waals surface area contributed by atoms with Crippen LogP contribution < -0.4 is 5.73 Å². The van der Waals surface area contributed by atoms with Crippen molar-refractivity contribution < 1.29 is 0 Å². The van der Waals surface area contributed by atoms with Crippen molar-refractivity contribution in [1.82, 2.24) is 0 Å². The van der Waals surface area contributed by atoms with Gasteiger partial charge in [-0.15, -0.1) is 11.3 Å².